The topological polar surface area (TPSA) is 94.8 Å². The highest BCUT2D eigenvalue weighted by atomic mass is 16.4. The van der Waals surface area contributed by atoms with E-state index in [1.54, 1.807) is 30.3 Å². The van der Waals surface area contributed by atoms with Crippen LogP contribution in [0.4, 0.5) is 0 Å². The summed E-state index contributed by atoms with van der Waals surface area (Å²) in [4.78, 5) is 21.4. The lowest BCUT2D eigenvalue weighted by Crippen LogP contribution is -2.31. The second-order valence-corrected chi connectivity index (χ2v) is 3.80. The Morgan fingerprint density at radius 2 is 1.71 bits per heavy atom. The van der Waals surface area contributed by atoms with Crippen LogP contribution in [0.3, 0.4) is 0 Å². The molecule has 0 aliphatic rings. The maximum Gasteiger partial charge on any atom is 0.309 e. The average molecular weight is 238 g/mol. The molecule has 5 nitrogen and oxygen atoms in total. The summed E-state index contributed by atoms with van der Waals surface area (Å²) in [7, 11) is 0. The minimum Gasteiger partial charge on any atom is -0.481 e. The fraction of sp³-hybridized carbons (Fsp3) is 0.333. The highest BCUT2D eigenvalue weighted by molar-refractivity contribution is 5.73. The summed E-state index contributed by atoms with van der Waals surface area (Å²) in [5.41, 5.74) is 0.754. The Labute approximate surface area is 98.3 Å². The molecule has 0 aromatic heterocycles. The number of rotatable bonds is 6. The van der Waals surface area contributed by atoms with E-state index in [1.165, 1.54) is 0 Å². The summed E-state index contributed by atoms with van der Waals surface area (Å²) in [6, 6.07) is 8.80. The molecule has 0 aliphatic carbocycles. The molecule has 92 valence electrons. The minimum atomic E-state index is -1.38. The van der Waals surface area contributed by atoms with E-state index in [4.69, 9.17) is 10.2 Å². The number of hydrogen-bond acceptors (Lipinski definition) is 3. The molecule has 2 atom stereocenters. The van der Waals surface area contributed by atoms with Crippen molar-refractivity contribution in [2.24, 2.45) is 5.92 Å². The van der Waals surface area contributed by atoms with Crippen molar-refractivity contribution < 1.29 is 24.9 Å². The Balaban J connectivity index is 2.73. The van der Waals surface area contributed by atoms with E-state index >= 15 is 0 Å². The Bertz CT molecular complexity index is 387. The van der Waals surface area contributed by atoms with E-state index in [-0.39, 0.29) is 6.42 Å². The summed E-state index contributed by atoms with van der Waals surface area (Å²) in [5, 5.41) is 27.0. The van der Waals surface area contributed by atoms with Crippen LogP contribution in [-0.4, -0.2) is 33.4 Å². The van der Waals surface area contributed by atoms with Gasteiger partial charge in [0.15, 0.2) is 0 Å². The number of carbonyl (C=O) groups is 2. The first-order valence-corrected chi connectivity index (χ1v) is 5.17. The number of benzene rings is 1. The third-order valence-electron chi connectivity index (χ3n) is 2.46. The van der Waals surface area contributed by atoms with Crippen LogP contribution < -0.4 is 0 Å². The van der Waals surface area contributed by atoms with Gasteiger partial charge in [0, 0.05) is 0 Å². The molecule has 0 unspecified atom stereocenters. The van der Waals surface area contributed by atoms with Crippen LogP contribution in [0.25, 0.3) is 0 Å². The molecule has 1 aromatic rings. The summed E-state index contributed by atoms with van der Waals surface area (Å²) in [5.74, 6) is -3.51. The van der Waals surface area contributed by atoms with E-state index in [1.807, 2.05) is 0 Å². The van der Waals surface area contributed by atoms with E-state index in [9.17, 15) is 14.7 Å². The third kappa shape index (κ3) is 4.24. The highest BCUT2D eigenvalue weighted by Crippen LogP contribution is 2.15. The summed E-state index contributed by atoms with van der Waals surface area (Å²) >= 11 is 0. The van der Waals surface area contributed by atoms with Gasteiger partial charge in [-0.1, -0.05) is 30.3 Å². The molecule has 0 bridgehead atoms. The number of carboxylic acids is 2. The van der Waals surface area contributed by atoms with Gasteiger partial charge in [-0.2, -0.15) is 0 Å². The lowest BCUT2D eigenvalue weighted by molar-refractivity contribution is -0.148. The van der Waals surface area contributed by atoms with Crippen LogP contribution in [0.2, 0.25) is 0 Å². The normalized spacial score (nSPS) is 13.9. The van der Waals surface area contributed by atoms with Gasteiger partial charge >= 0.3 is 11.9 Å². The molecule has 1 aromatic carbocycles. The molecule has 1 rings (SSSR count). The first-order chi connectivity index (χ1) is 8.00. The maximum atomic E-state index is 11.0. The molecule has 0 amide bonds. The van der Waals surface area contributed by atoms with Gasteiger partial charge in [0.05, 0.1) is 18.4 Å². The minimum absolute atomic E-state index is 0.116. The fourth-order valence-electron chi connectivity index (χ4n) is 1.58. The molecule has 0 fully saturated rings. The zero-order valence-electron chi connectivity index (χ0n) is 9.11. The molecule has 0 radical (unpaired) electrons. The molecule has 5 heteroatoms. The van der Waals surface area contributed by atoms with E-state index in [0.29, 0.717) is 0 Å². The lowest BCUT2D eigenvalue weighted by atomic mass is 9.92. The van der Waals surface area contributed by atoms with Gasteiger partial charge < -0.3 is 15.3 Å². The fourth-order valence-corrected chi connectivity index (χ4v) is 1.58. The number of aliphatic hydroxyl groups excluding tert-OH is 1. The van der Waals surface area contributed by atoms with Crippen LogP contribution in [0.1, 0.15) is 12.0 Å². The second-order valence-electron chi connectivity index (χ2n) is 3.80. The van der Waals surface area contributed by atoms with Gasteiger partial charge in [-0.3, -0.25) is 9.59 Å². The molecule has 3 N–H and O–H groups in total. The number of hydrogen-bond donors (Lipinski definition) is 3. The van der Waals surface area contributed by atoms with Gasteiger partial charge in [-0.25, -0.2) is 0 Å². The maximum absolute atomic E-state index is 11.0. The van der Waals surface area contributed by atoms with Gasteiger partial charge in [0.2, 0.25) is 0 Å². The van der Waals surface area contributed by atoms with Crippen molar-refractivity contribution in [3.63, 3.8) is 0 Å². The molecule has 0 aliphatic heterocycles. The number of carboxylic acid groups (broad SMARTS) is 2. The van der Waals surface area contributed by atoms with Crippen LogP contribution in [0.5, 0.6) is 0 Å². The van der Waals surface area contributed by atoms with Crippen LogP contribution in [0, 0.1) is 5.92 Å². The Morgan fingerprint density at radius 1 is 1.12 bits per heavy atom. The van der Waals surface area contributed by atoms with Crippen molar-refractivity contribution in [3.8, 4) is 0 Å². The number of aliphatic hydroxyl groups is 1. The van der Waals surface area contributed by atoms with Gasteiger partial charge in [0.1, 0.15) is 0 Å². The first kappa shape index (κ1) is 13.2. The molecular weight excluding hydrogens is 224 g/mol. The largest absolute Gasteiger partial charge is 0.481 e. The van der Waals surface area contributed by atoms with Crippen molar-refractivity contribution in [1.29, 1.82) is 0 Å². The third-order valence-corrected chi connectivity index (χ3v) is 2.46. The predicted molar refractivity (Wildman–Crippen MR) is 59.5 cm³/mol. The smallest absolute Gasteiger partial charge is 0.309 e. The SMILES string of the molecule is O=C(O)C[C@@H](O)[C@H](Cc1ccccc1)C(=O)O. The van der Waals surface area contributed by atoms with Gasteiger partial charge in [-0.15, -0.1) is 0 Å². The van der Waals surface area contributed by atoms with Gasteiger partial charge in [0.25, 0.3) is 0 Å². The van der Waals surface area contributed by atoms with Crippen LogP contribution in [0.15, 0.2) is 30.3 Å². The summed E-state index contributed by atoms with van der Waals surface area (Å²) in [6.45, 7) is 0. The average Bonchev–Trinajstić information content (AvgIpc) is 2.25. The van der Waals surface area contributed by atoms with E-state index in [2.05, 4.69) is 0 Å². The first-order valence-electron chi connectivity index (χ1n) is 5.17. The molecular formula is C12H14O5. The molecule has 17 heavy (non-hydrogen) atoms. The van der Waals surface area contributed by atoms with Crippen molar-refractivity contribution >= 4 is 11.9 Å². The Hall–Kier alpha value is -1.88. The lowest BCUT2D eigenvalue weighted by Gasteiger charge is -2.17. The summed E-state index contributed by atoms with van der Waals surface area (Å²) < 4.78 is 0. The standard InChI is InChI=1S/C12H14O5/c13-10(7-11(14)15)9(12(16)17)6-8-4-2-1-3-5-8/h1-5,9-10,13H,6-7H2,(H,14,15)(H,16,17)/t9-,10+/m0/s1. The predicted octanol–water partition coefficient (Wildman–Crippen LogP) is 0.765. The van der Waals surface area contributed by atoms with Crippen molar-refractivity contribution in [2.45, 2.75) is 18.9 Å². The van der Waals surface area contributed by atoms with E-state index in [0.717, 1.165) is 5.56 Å². The Kier molecular flexibility index (Phi) is 4.66. The zero-order chi connectivity index (χ0) is 12.8. The monoisotopic (exact) mass is 238 g/mol. The van der Waals surface area contributed by atoms with Gasteiger partial charge in [-0.05, 0) is 12.0 Å². The van der Waals surface area contributed by atoms with Crippen LogP contribution >= 0.6 is 0 Å². The van der Waals surface area contributed by atoms with Crippen molar-refractivity contribution in [1.82, 2.24) is 0 Å². The van der Waals surface area contributed by atoms with E-state index < -0.39 is 30.4 Å². The zero-order valence-corrected chi connectivity index (χ0v) is 9.11. The molecule has 0 spiro atoms. The molecule has 0 saturated carbocycles. The van der Waals surface area contributed by atoms with Crippen molar-refractivity contribution in [2.75, 3.05) is 0 Å². The number of aliphatic carboxylic acids is 2. The Morgan fingerprint density at radius 3 is 2.18 bits per heavy atom. The molecule has 0 heterocycles. The molecule has 0 saturated heterocycles. The summed E-state index contributed by atoms with van der Waals surface area (Å²) in [6.07, 6.45) is -1.83. The van der Waals surface area contributed by atoms with Crippen molar-refractivity contribution in [3.05, 3.63) is 35.9 Å². The van der Waals surface area contributed by atoms with Crippen LogP contribution in [-0.2, 0) is 16.0 Å². The highest BCUT2D eigenvalue weighted by Gasteiger charge is 2.28. The quantitative estimate of drug-likeness (QED) is 0.680. The second kappa shape index (κ2) is 6.00.